The highest BCUT2D eigenvalue weighted by Gasteiger charge is 2.28. The summed E-state index contributed by atoms with van der Waals surface area (Å²) in [5.41, 5.74) is 8.10. The van der Waals surface area contributed by atoms with Crippen molar-refractivity contribution in [1.29, 1.82) is 0 Å². The smallest absolute Gasteiger partial charge is 0.180 e. The molecule has 4 nitrogen and oxygen atoms in total. The minimum absolute atomic E-state index is 0.327. The van der Waals surface area contributed by atoms with E-state index in [1.165, 1.54) is 23.3 Å². The first-order valence-corrected chi connectivity index (χ1v) is 7.58. The van der Waals surface area contributed by atoms with Crippen molar-refractivity contribution in [3.05, 3.63) is 35.0 Å². The van der Waals surface area contributed by atoms with E-state index < -0.39 is 0 Å². The van der Waals surface area contributed by atoms with Gasteiger partial charge in [-0.25, -0.2) is 9.97 Å². The molecule has 0 amide bonds. The number of hydrogen-bond donors (Lipinski definition) is 1. The molecule has 0 radical (unpaired) electrons. The molecule has 0 unspecified atom stereocenters. The molecular formula is C14H18N4S. The number of rotatable bonds is 3. The molecule has 2 N–H and O–H groups in total. The predicted octanol–water partition coefficient (Wildman–Crippen LogP) is 3.02. The van der Waals surface area contributed by atoms with E-state index in [2.05, 4.69) is 39.3 Å². The normalized spacial score (nSPS) is 19.0. The largest absolute Gasteiger partial charge is 0.375 e. The maximum atomic E-state index is 5.74. The van der Waals surface area contributed by atoms with Crippen molar-refractivity contribution in [1.82, 2.24) is 9.97 Å². The second kappa shape index (κ2) is 5.17. The summed E-state index contributed by atoms with van der Waals surface area (Å²) in [4.78, 5) is 11.4. The molecule has 0 bridgehead atoms. The highest BCUT2D eigenvalue weighted by atomic mass is 32.1. The Morgan fingerprint density at radius 1 is 1.47 bits per heavy atom. The maximum absolute atomic E-state index is 5.74. The number of anilines is 2. The van der Waals surface area contributed by atoms with E-state index >= 15 is 0 Å². The van der Waals surface area contributed by atoms with Gasteiger partial charge in [-0.3, -0.25) is 0 Å². The fourth-order valence-corrected chi connectivity index (χ4v) is 3.21. The fraction of sp³-hybridized carbons (Fsp3) is 0.429. The summed E-state index contributed by atoms with van der Waals surface area (Å²) in [6, 6.07) is 4.61. The average Bonchev–Trinajstić information content (AvgIpc) is 3.07. The molecular weight excluding hydrogens is 256 g/mol. The van der Waals surface area contributed by atoms with Crippen LogP contribution in [0.25, 0.3) is 0 Å². The molecule has 0 saturated carbocycles. The number of aromatic nitrogens is 2. The summed E-state index contributed by atoms with van der Waals surface area (Å²) in [5.74, 6) is 1.05. The van der Waals surface area contributed by atoms with Gasteiger partial charge in [0.05, 0.1) is 11.7 Å². The average molecular weight is 274 g/mol. The molecule has 1 saturated heterocycles. The van der Waals surface area contributed by atoms with Crippen LogP contribution < -0.4 is 10.6 Å². The lowest BCUT2D eigenvalue weighted by Gasteiger charge is -2.24. The Kier molecular flexibility index (Phi) is 3.38. The van der Waals surface area contributed by atoms with Crippen molar-refractivity contribution in [2.75, 3.05) is 17.2 Å². The molecule has 1 fully saturated rings. The van der Waals surface area contributed by atoms with Crippen LogP contribution in [-0.2, 0) is 6.42 Å². The van der Waals surface area contributed by atoms with E-state index in [1.54, 1.807) is 0 Å². The zero-order valence-electron chi connectivity index (χ0n) is 11.0. The van der Waals surface area contributed by atoms with Gasteiger partial charge in [-0.2, -0.15) is 0 Å². The third-order valence-electron chi connectivity index (χ3n) is 3.65. The summed E-state index contributed by atoms with van der Waals surface area (Å²) in [7, 11) is 0. The molecule has 3 rings (SSSR count). The quantitative estimate of drug-likeness (QED) is 0.934. The van der Waals surface area contributed by atoms with Crippen LogP contribution in [0.5, 0.6) is 0 Å². The van der Waals surface area contributed by atoms with E-state index in [4.69, 9.17) is 5.73 Å². The van der Waals surface area contributed by atoms with Crippen LogP contribution in [-0.4, -0.2) is 16.5 Å². The van der Waals surface area contributed by atoms with Crippen molar-refractivity contribution >= 4 is 22.3 Å². The molecule has 1 atom stereocenters. The second-order valence-corrected chi connectivity index (χ2v) is 5.73. The lowest BCUT2D eigenvalue weighted by molar-refractivity contribution is 0.693. The van der Waals surface area contributed by atoms with Crippen molar-refractivity contribution in [2.24, 2.45) is 0 Å². The lowest BCUT2D eigenvalue weighted by atomic mass is 10.1. The van der Waals surface area contributed by atoms with E-state index in [0.29, 0.717) is 11.2 Å². The zero-order valence-corrected chi connectivity index (χ0v) is 11.9. The SMILES string of the molecule is CCc1ccc(N2CCC[C@@H]2c2csc(N)n2)nc1. The fourth-order valence-electron chi connectivity index (χ4n) is 2.60. The van der Waals surface area contributed by atoms with Gasteiger partial charge in [0.15, 0.2) is 5.13 Å². The minimum atomic E-state index is 0.327. The molecule has 1 aliphatic heterocycles. The van der Waals surface area contributed by atoms with Gasteiger partial charge in [0.1, 0.15) is 5.82 Å². The summed E-state index contributed by atoms with van der Waals surface area (Å²) in [6.07, 6.45) is 5.30. The summed E-state index contributed by atoms with van der Waals surface area (Å²) < 4.78 is 0. The van der Waals surface area contributed by atoms with Gasteiger partial charge in [0, 0.05) is 18.1 Å². The number of thiazole rings is 1. The van der Waals surface area contributed by atoms with Crippen LogP contribution in [0.2, 0.25) is 0 Å². The van der Waals surface area contributed by atoms with Gasteiger partial charge < -0.3 is 10.6 Å². The molecule has 0 spiro atoms. The monoisotopic (exact) mass is 274 g/mol. The van der Waals surface area contributed by atoms with Gasteiger partial charge in [-0.15, -0.1) is 11.3 Å². The Morgan fingerprint density at radius 3 is 3.00 bits per heavy atom. The van der Waals surface area contributed by atoms with Crippen molar-refractivity contribution in [2.45, 2.75) is 32.2 Å². The summed E-state index contributed by atoms with van der Waals surface area (Å²) in [6.45, 7) is 3.19. The molecule has 2 aromatic rings. The van der Waals surface area contributed by atoms with Gasteiger partial charge >= 0.3 is 0 Å². The molecule has 1 aliphatic rings. The molecule has 19 heavy (non-hydrogen) atoms. The Morgan fingerprint density at radius 2 is 2.37 bits per heavy atom. The van der Waals surface area contributed by atoms with Crippen LogP contribution in [0.3, 0.4) is 0 Å². The van der Waals surface area contributed by atoms with E-state index in [9.17, 15) is 0 Å². The Labute approximate surface area is 117 Å². The molecule has 0 aromatic carbocycles. The van der Waals surface area contributed by atoms with E-state index in [-0.39, 0.29) is 0 Å². The van der Waals surface area contributed by atoms with Gasteiger partial charge in [0.2, 0.25) is 0 Å². The minimum Gasteiger partial charge on any atom is -0.375 e. The number of pyridine rings is 1. The lowest BCUT2D eigenvalue weighted by Crippen LogP contribution is -2.23. The van der Waals surface area contributed by atoms with E-state index in [1.807, 2.05) is 6.20 Å². The first-order chi connectivity index (χ1) is 9.28. The van der Waals surface area contributed by atoms with Crippen LogP contribution in [0.15, 0.2) is 23.7 Å². The van der Waals surface area contributed by atoms with Crippen LogP contribution in [0.4, 0.5) is 10.9 Å². The topological polar surface area (TPSA) is 55.0 Å². The maximum Gasteiger partial charge on any atom is 0.180 e. The number of nitrogens with zero attached hydrogens (tertiary/aromatic N) is 3. The van der Waals surface area contributed by atoms with Crippen LogP contribution >= 0.6 is 11.3 Å². The first kappa shape index (κ1) is 12.4. The Hall–Kier alpha value is -1.62. The standard InChI is InChI=1S/C14H18N4S/c1-2-10-5-6-13(16-8-10)18-7-3-4-12(18)11-9-19-14(15)17-11/h5-6,8-9,12H,2-4,7H2,1H3,(H2,15,17)/t12-/m1/s1. The predicted molar refractivity (Wildman–Crippen MR) is 79.5 cm³/mol. The summed E-state index contributed by atoms with van der Waals surface area (Å²) >= 11 is 1.51. The van der Waals surface area contributed by atoms with Crippen molar-refractivity contribution in [3.8, 4) is 0 Å². The number of nitrogen functional groups attached to an aromatic ring is 1. The second-order valence-electron chi connectivity index (χ2n) is 4.84. The number of aryl methyl sites for hydroxylation is 1. The van der Waals surface area contributed by atoms with Crippen LogP contribution in [0, 0.1) is 0 Å². The molecule has 5 heteroatoms. The Bertz CT molecular complexity index is 549. The third-order valence-corrected chi connectivity index (χ3v) is 4.34. The van der Waals surface area contributed by atoms with Crippen LogP contribution in [0.1, 0.15) is 37.1 Å². The van der Waals surface area contributed by atoms with Gasteiger partial charge in [-0.05, 0) is 30.9 Å². The van der Waals surface area contributed by atoms with Gasteiger partial charge in [0.25, 0.3) is 0 Å². The van der Waals surface area contributed by atoms with Crippen molar-refractivity contribution in [3.63, 3.8) is 0 Å². The van der Waals surface area contributed by atoms with E-state index in [0.717, 1.165) is 30.9 Å². The molecule has 2 aromatic heterocycles. The molecule has 3 heterocycles. The third kappa shape index (κ3) is 2.42. The molecule has 0 aliphatic carbocycles. The number of nitrogens with two attached hydrogens (primary N) is 1. The van der Waals surface area contributed by atoms with Gasteiger partial charge in [-0.1, -0.05) is 13.0 Å². The summed E-state index contributed by atoms with van der Waals surface area (Å²) in [5, 5.41) is 2.72. The molecule has 100 valence electrons. The zero-order chi connectivity index (χ0) is 13.2. The Balaban J connectivity index is 1.86. The first-order valence-electron chi connectivity index (χ1n) is 6.70. The highest BCUT2D eigenvalue weighted by molar-refractivity contribution is 7.13. The highest BCUT2D eigenvalue weighted by Crippen LogP contribution is 2.35. The number of hydrogen-bond acceptors (Lipinski definition) is 5. The van der Waals surface area contributed by atoms with Crippen molar-refractivity contribution < 1.29 is 0 Å².